The molecule has 1 aromatic carbocycles. The first-order valence-corrected chi connectivity index (χ1v) is 5.85. The molecule has 1 fully saturated rings. The van der Waals surface area contributed by atoms with E-state index in [1.54, 1.807) is 7.11 Å². The lowest BCUT2D eigenvalue weighted by Gasteiger charge is -2.16. The zero-order chi connectivity index (χ0) is 11.4. The van der Waals surface area contributed by atoms with Gasteiger partial charge in [0.05, 0.1) is 13.2 Å². The summed E-state index contributed by atoms with van der Waals surface area (Å²) in [4.78, 5) is 0. The molecule has 16 heavy (non-hydrogen) atoms. The summed E-state index contributed by atoms with van der Waals surface area (Å²) < 4.78 is 5.09. The molecule has 0 spiro atoms. The van der Waals surface area contributed by atoms with Crippen LogP contribution in [0.4, 0.5) is 0 Å². The molecule has 0 aromatic heterocycles. The first kappa shape index (κ1) is 11.4. The van der Waals surface area contributed by atoms with Crippen molar-refractivity contribution < 1.29 is 9.84 Å². The lowest BCUT2D eigenvalue weighted by molar-refractivity contribution is 0.154. The van der Waals surface area contributed by atoms with Gasteiger partial charge in [-0.05, 0) is 43.5 Å². The minimum absolute atomic E-state index is 0.374. The summed E-state index contributed by atoms with van der Waals surface area (Å²) in [5, 5.41) is 13.5. The summed E-state index contributed by atoms with van der Waals surface area (Å²) in [6.07, 6.45) is 2.82. The Morgan fingerprint density at radius 1 is 1.44 bits per heavy atom. The Morgan fingerprint density at radius 2 is 2.19 bits per heavy atom. The van der Waals surface area contributed by atoms with Crippen LogP contribution in [0.15, 0.2) is 24.3 Å². The highest BCUT2D eigenvalue weighted by atomic mass is 16.5. The Kier molecular flexibility index (Phi) is 3.80. The highest BCUT2D eigenvalue weighted by molar-refractivity contribution is 5.28. The minimum Gasteiger partial charge on any atom is -0.497 e. The van der Waals surface area contributed by atoms with Gasteiger partial charge in [0, 0.05) is 6.04 Å². The van der Waals surface area contributed by atoms with Crippen molar-refractivity contribution in [3.63, 3.8) is 0 Å². The molecule has 2 atom stereocenters. The maximum Gasteiger partial charge on any atom is 0.118 e. The molecule has 1 aliphatic heterocycles. The number of hydrogen-bond acceptors (Lipinski definition) is 3. The maximum absolute atomic E-state index is 10.1. The third-order valence-corrected chi connectivity index (χ3v) is 3.17. The summed E-state index contributed by atoms with van der Waals surface area (Å²) in [7, 11) is 1.65. The molecule has 1 saturated heterocycles. The van der Waals surface area contributed by atoms with E-state index in [1.165, 1.54) is 12.8 Å². The Hall–Kier alpha value is -1.06. The zero-order valence-electron chi connectivity index (χ0n) is 9.65. The predicted octanol–water partition coefficient (Wildman–Crippen LogP) is 1.87. The molecule has 1 heterocycles. The van der Waals surface area contributed by atoms with E-state index < -0.39 is 0 Å². The van der Waals surface area contributed by atoms with Crippen LogP contribution in [-0.2, 0) is 0 Å². The standard InChI is InChI=1S/C13H19NO2/c1-16-12-6-4-10(5-7-12)13(15)9-11-3-2-8-14-11/h4-7,11,13-15H,2-3,8-9H2,1H3. The van der Waals surface area contributed by atoms with Crippen LogP contribution in [0.5, 0.6) is 5.75 Å². The van der Waals surface area contributed by atoms with Crippen molar-refractivity contribution in [1.29, 1.82) is 0 Å². The van der Waals surface area contributed by atoms with E-state index in [0.29, 0.717) is 6.04 Å². The summed E-state index contributed by atoms with van der Waals surface area (Å²) in [6, 6.07) is 8.11. The second kappa shape index (κ2) is 5.32. The number of rotatable bonds is 4. The number of benzene rings is 1. The number of nitrogens with one attached hydrogen (secondary N) is 1. The summed E-state index contributed by atoms with van der Waals surface area (Å²) >= 11 is 0. The molecule has 3 heteroatoms. The molecule has 88 valence electrons. The Balaban J connectivity index is 1.94. The largest absolute Gasteiger partial charge is 0.497 e. The van der Waals surface area contributed by atoms with Crippen LogP contribution in [0.2, 0.25) is 0 Å². The van der Waals surface area contributed by atoms with Gasteiger partial charge in [0.15, 0.2) is 0 Å². The van der Waals surface area contributed by atoms with E-state index in [4.69, 9.17) is 4.74 Å². The highest BCUT2D eigenvalue weighted by Crippen LogP contribution is 2.23. The van der Waals surface area contributed by atoms with Crippen molar-refractivity contribution in [1.82, 2.24) is 5.32 Å². The SMILES string of the molecule is COc1ccc(C(O)CC2CCCN2)cc1. The first-order valence-electron chi connectivity index (χ1n) is 5.85. The van der Waals surface area contributed by atoms with Crippen molar-refractivity contribution in [3.8, 4) is 5.75 Å². The molecule has 0 aliphatic carbocycles. The predicted molar refractivity (Wildman–Crippen MR) is 63.6 cm³/mol. The van der Waals surface area contributed by atoms with E-state index in [9.17, 15) is 5.11 Å². The lowest BCUT2D eigenvalue weighted by Crippen LogP contribution is -2.23. The van der Waals surface area contributed by atoms with E-state index in [-0.39, 0.29) is 6.10 Å². The third kappa shape index (κ3) is 2.74. The van der Waals surface area contributed by atoms with Gasteiger partial charge in [-0.3, -0.25) is 0 Å². The molecule has 2 rings (SSSR count). The van der Waals surface area contributed by atoms with Crippen LogP contribution in [0.25, 0.3) is 0 Å². The fraction of sp³-hybridized carbons (Fsp3) is 0.538. The van der Waals surface area contributed by atoms with Gasteiger partial charge < -0.3 is 15.2 Å². The van der Waals surface area contributed by atoms with Gasteiger partial charge >= 0.3 is 0 Å². The summed E-state index contributed by atoms with van der Waals surface area (Å²) in [5.41, 5.74) is 0.967. The normalized spacial score (nSPS) is 22.0. The van der Waals surface area contributed by atoms with Crippen LogP contribution >= 0.6 is 0 Å². The first-order chi connectivity index (χ1) is 7.79. The topological polar surface area (TPSA) is 41.5 Å². The second-order valence-electron chi connectivity index (χ2n) is 4.32. The van der Waals surface area contributed by atoms with Gasteiger partial charge in [-0.1, -0.05) is 12.1 Å². The van der Waals surface area contributed by atoms with Crippen molar-refractivity contribution in [2.24, 2.45) is 0 Å². The number of aliphatic hydroxyl groups is 1. The fourth-order valence-electron chi connectivity index (χ4n) is 2.19. The fourth-order valence-corrected chi connectivity index (χ4v) is 2.19. The Morgan fingerprint density at radius 3 is 2.75 bits per heavy atom. The number of methoxy groups -OCH3 is 1. The molecular formula is C13H19NO2. The summed E-state index contributed by atoms with van der Waals surface area (Å²) in [5.74, 6) is 0.829. The van der Waals surface area contributed by atoms with Crippen molar-refractivity contribution in [2.75, 3.05) is 13.7 Å². The van der Waals surface area contributed by atoms with Gasteiger partial charge in [-0.2, -0.15) is 0 Å². The smallest absolute Gasteiger partial charge is 0.118 e. The van der Waals surface area contributed by atoms with Gasteiger partial charge in [0.2, 0.25) is 0 Å². The van der Waals surface area contributed by atoms with E-state index in [0.717, 1.165) is 24.3 Å². The maximum atomic E-state index is 10.1. The lowest BCUT2D eigenvalue weighted by atomic mass is 10.0. The minimum atomic E-state index is -0.374. The van der Waals surface area contributed by atoms with E-state index in [1.807, 2.05) is 24.3 Å². The van der Waals surface area contributed by atoms with Crippen LogP contribution in [0.1, 0.15) is 30.9 Å². The second-order valence-corrected chi connectivity index (χ2v) is 4.32. The number of ether oxygens (including phenoxy) is 1. The quantitative estimate of drug-likeness (QED) is 0.815. The molecular weight excluding hydrogens is 202 g/mol. The Labute approximate surface area is 96.4 Å². The highest BCUT2D eigenvalue weighted by Gasteiger charge is 2.18. The van der Waals surface area contributed by atoms with Gasteiger partial charge in [0.25, 0.3) is 0 Å². The average molecular weight is 221 g/mol. The van der Waals surface area contributed by atoms with Crippen molar-refractivity contribution >= 4 is 0 Å². The Bertz CT molecular complexity index is 317. The molecule has 1 aliphatic rings. The molecule has 0 saturated carbocycles. The average Bonchev–Trinajstić information content (AvgIpc) is 2.82. The molecule has 0 bridgehead atoms. The molecule has 2 unspecified atom stereocenters. The van der Waals surface area contributed by atoms with Crippen molar-refractivity contribution in [3.05, 3.63) is 29.8 Å². The van der Waals surface area contributed by atoms with Gasteiger partial charge in [-0.25, -0.2) is 0 Å². The van der Waals surface area contributed by atoms with Crippen LogP contribution in [0, 0.1) is 0 Å². The third-order valence-electron chi connectivity index (χ3n) is 3.17. The van der Waals surface area contributed by atoms with E-state index in [2.05, 4.69) is 5.32 Å². The van der Waals surface area contributed by atoms with Crippen LogP contribution in [0.3, 0.4) is 0 Å². The van der Waals surface area contributed by atoms with E-state index >= 15 is 0 Å². The molecule has 3 nitrogen and oxygen atoms in total. The number of aliphatic hydroxyl groups excluding tert-OH is 1. The monoisotopic (exact) mass is 221 g/mol. The molecule has 0 amide bonds. The van der Waals surface area contributed by atoms with Crippen LogP contribution < -0.4 is 10.1 Å². The van der Waals surface area contributed by atoms with Gasteiger partial charge in [0.1, 0.15) is 5.75 Å². The zero-order valence-corrected chi connectivity index (χ0v) is 9.65. The van der Waals surface area contributed by atoms with Crippen molar-refractivity contribution in [2.45, 2.75) is 31.4 Å². The summed E-state index contributed by atoms with van der Waals surface area (Å²) in [6.45, 7) is 1.08. The number of hydrogen-bond donors (Lipinski definition) is 2. The van der Waals surface area contributed by atoms with Gasteiger partial charge in [-0.15, -0.1) is 0 Å². The molecule has 0 radical (unpaired) electrons. The van der Waals surface area contributed by atoms with Crippen LogP contribution in [-0.4, -0.2) is 24.8 Å². The molecule has 1 aromatic rings. The molecule has 2 N–H and O–H groups in total.